The Bertz CT molecular complexity index is 643. The van der Waals surface area contributed by atoms with Gasteiger partial charge in [-0.2, -0.15) is 5.10 Å². The second-order valence-electron chi connectivity index (χ2n) is 3.97. The molecule has 84 valence electrons. The van der Waals surface area contributed by atoms with Crippen LogP contribution in [0.2, 0.25) is 0 Å². The zero-order chi connectivity index (χ0) is 11.7. The number of fused-ring (bicyclic) bond motifs is 1. The van der Waals surface area contributed by atoms with Crippen molar-refractivity contribution in [2.75, 3.05) is 5.73 Å². The van der Waals surface area contributed by atoms with Gasteiger partial charge in [0.2, 0.25) is 0 Å². The number of pyridine rings is 1. The Kier molecular flexibility index (Phi) is 2.26. The number of hydrogen-bond acceptors (Lipinski definition) is 3. The number of nitrogens with one attached hydrogen (secondary N) is 1. The lowest BCUT2D eigenvalue weighted by molar-refractivity contribution is 0.979. The molecule has 0 saturated carbocycles. The molecule has 0 spiro atoms. The van der Waals surface area contributed by atoms with E-state index in [1.54, 1.807) is 6.20 Å². The number of anilines is 1. The van der Waals surface area contributed by atoms with Crippen LogP contribution in [0.15, 0.2) is 42.6 Å². The molecular weight excluding hydrogens is 212 g/mol. The van der Waals surface area contributed by atoms with Gasteiger partial charge in [-0.05, 0) is 30.3 Å². The maximum absolute atomic E-state index is 5.79. The standard InChI is InChI=1S/C13H12N4/c14-9-4-5-12-11(7-9)13(17-16-12)8-10-3-1-2-6-15-10/h1-7H,8,14H2,(H,16,17). The summed E-state index contributed by atoms with van der Waals surface area (Å²) in [5, 5.41) is 8.38. The lowest BCUT2D eigenvalue weighted by Crippen LogP contribution is -1.92. The van der Waals surface area contributed by atoms with Gasteiger partial charge in [-0.1, -0.05) is 6.07 Å². The van der Waals surface area contributed by atoms with Crippen LogP contribution in [0.5, 0.6) is 0 Å². The van der Waals surface area contributed by atoms with E-state index in [1.165, 1.54) is 0 Å². The van der Waals surface area contributed by atoms with Crippen LogP contribution in [-0.4, -0.2) is 15.2 Å². The monoisotopic (exact) mass is 224 g/mol. The van der Waals surface area contributed by atoms with Gasteiger partial charge in [0.05, 0.1) is 11.2 Å². The maximum atomic E-state index is 5.79. The second-order valence-corrected chi connectivity index (χ2v) is 3.97. The molecule has 0 aliphatic rings. The second kappa shape index (κ2) is 3.90. The summed E-state index contributed by atoms with van der Waals surface area (Å²) in [6.45, 7) is 0. The molecule has 0 bridgehead atoms. The lowest BCUT2D eigenvalue weighted by Gasteiger charge is -1.98. The third-order valence-electron chi connectivity index (χ3n) is 2.74. The van der Waals surface area contributed by atoms with Gasteiger partial charge in [-0.25, -0.2) is 0 Å². The van der Waals surface area contributed by atoms with E-state index in [-0.39, 0.29) is 0 Å². The Morgan fingerprint density at radius 3 is 2.94 bits per heavy atom. The van der Waals surface area contributed by atoms with Crippen LogP contribution in [0.1, 0.15) is 11.4 Å². The summed E-state index contributed by atoms with van der Waals surface area (Å²) < 4.78 is 0. The van der Waals surface area contributed by atoms with Crippen LogP contribution in [0, 0.1) is 0 Å². The van der Waals surface area contributed by atoms with Crippen molar-refractivity contribution in [3.8, 4) is 0 Å². The fourth-order valence-corrected chi connectivity index (χ4v) is 1.90. The molecule has 3 aromatic rings. The third kappa shape index (κ3) is 1.85. The highest BCUT2D eigenvalue weighted by Gasteiger charge is 2.07. The predicted molar refractivity (Wildman–Crippen MR) is 67.5 cm³/mol. The molecule has 0 amide bonds. The highest BCUT2D eigenvalue weighted by molar-refractivity contribution is 5.84. The Morgan fingerprint density at radius 1 is 1.18 bits per heavy atom. The van der Waals surface area contributed by atoms with E-state index >= 15 is 0 Å². The predicted octanol–water partition coefficient (Wildman–Crippen LogP) is 2.13. The molecule has 0 aliphatic heterocycles. The molecular formula is C13H12N4. The van der Waals surface area contributed by atoms with Gasteiger partial charge >= 0.3 is 0 Å². The average Bonchev–Trinajstić information content (AvgIpc) is 2.73. The van der Waals surface area contributed by atoms with Crippen LogP contribution in [0.3, 0.4) is 0 Å². The van der Waals surface area contributed by atoms with Crippen LogP contribution in [-0.2, 0) is 6.42 Å². The summed E-state index contributed by atoms with van der Waals surface area (Å²) in [5.41, 5.74) is 9.52. The summed E-state index contributed by atoms with van der Waals surface area (Å²) >= 11 is 0. The van der Waals surface area contributed by atoms with Gasteiger partial charge < -0.3 is 5.73 Å². The summed E-state index contributed by atoms with van der Waals surface area (Å²) in [6.07, 6.45) is 2.50. The first-order valence-electron chi connectivity index (χ1n) is 5.45. The number of aromatic nitrogens is 3. The molecule has 0 fully saturated rings. The lowest BCUT2D eigenvalue weighted by atomic mass is 10.1. The molecule has 0 atom stereocenters. The largest absolute Gasteiger partial charge is 0.399 e. The van der Waals surface area contributed by atoms with Crippen molar-refractivity contribution in [2.45, 2.75) is 6.42 Å². The summed E-state index contributed by atoms with van der Waals surface area (Å²) in [6, 6.07) is 11.6. The van der Waals surface area contributed by atoms with Crippen LogP contribution in [0.4, 0.5) is 5.69 Å². The normalized spacial score (nSPS) is 10.8. The molecule has 3 rings (SSSR count). The highest BCUT2D eigenvalue weighted by atomic mass is 15.1. The fourth-order valence-electron chi connectivity index (χ4n) is 1.90. The topological polar surface area (TPSA) is 67.6 Å². The Morgan fingerprint density at radius 2 is 2.12 bits per heavy atom. The fraction of sp³-hybridized carbons (Fsp3) is 0.0769. The van der Waals surface area contributed by atoms with E-state index in [9.17, 15) is 0 Å². The number of nitrogen functional groups attached to an aromatic ring is 1. The minimum absolute atomic E-state index is 0.713. The Hall–Kier alpha value is -2.36. The average molecular weight is 224 g/mol. The van der Waals surface area contributed by atoms with Crippen LogP contribution < -0.4 is 5.73 Å². The van der Waals surface area contributed by atoms with E-state index in [4.69, 9.17) is 5.73 Å². The minimum Gasteiger partial charge on any atom is -0.399 e. The van der Waals surface area contributed by atoms with Gasteiger partial charge in [0.1, 0.15) is 0 Å². The minimum atomic E-state index is 0.713. The Labute approximate surface area is 98.5 Å². The molecule has 2 heterocycles. The van der Waals surface area contributed by atoms with Crippen molar-refractivity contribution < 1.29 is 0 Å². The SMILES string of the molecule is Nc1ccc2[nH]nc(Cc3ccccn3)c2c1. The molecule has 1 aromatic carbocycles. The van der Waals surface area contributed by atoms with E-state index < -0.39 is 0 Å². The van der Waals surface area contributed by atoms with Gasteiger partial charge in [0.25, 0.3) is 0 Å². The van der Waals surface area contributed by atoms with Crippen molar-refractivity contribution in [2.24, 2.45) is 0 Å². The van der Waals surface area contributed by atoms with Gasteiger partial charge in [0, 0.05) is 29.4 Å². The smallest absolute Gasteiger partial charge is 0.0761 e. The van der Waals surface area contributed by atoms with Crippen molar-refractivity contribution >= 4 is 16.6 Å². The van der Waals surface area contributed by atoms with Gasteiger partial charge in [0.15, 0.2) is 0 Å². The Balaban J connectivity index is 2.03. The number of nitrogens with zero attached hydrogens (tertiary/aromatic N) is 2. The molecule has 0 saturated heterocycles. The zero-order valence-corrected chi connectivity index (χ0v) is 9.22. The molecule has 0 radical (unpaired) electrons. The molecule has 17 heavy (non-hydrogen) atoms. The number of aromatic amines is 1. The quantitative estimate of drug-likeness (QED) is 0.655. The van der Waals surface area contributed by atoms with Crippen LogP contribution >= 0.6 is 0 Å². The maximum Gasteiger partial charge on any atom is 0.0761 e. The highest BCUT2D eigenvalue weighted by Crippen LogP contribution is 2.20. The van der Waals surface area contributed by atoms with E-state index in [2.05, 4.69) is 15.2 Å². The van der Waals surface area contributed by atoms with Crippen molar-refractivity contribution in [3.05, 3.63) is 54.0 Å². The number of H-pyrrole nitrogens is 1. The van der Waals surface area contributed by atoms with Crippen LogP contribution in [0.25, 0.3) is 10.9 Å². The van der Waals surface area contributed by atoms with Crippen molar-refractivity contribution in [1.29, 1.82) is 0 Å². The summed E-state index contributed by atoms with van der Waals surface area (Å²) in [7, 11) is 0. The molecule has 3 N–H and O–H groups in total. The summed E-state index contributed by atoms with van der Waals surface area (Å²) in [5.74, 6) is 0. The zero-order valence-electron chi connectivity index (χ0n) is 9.22. The number of nitrogens with two attached hydrogens (primary N) is 1. The first-order chi connectivity index (χ1) is 8.33. The number of hydrogen-bond donors (Lipinski definition) is 2. The van der Waals surface area contributed by atoms with E-state index in [0.29, 0.717) is 6.42 Å². The third-order valence-corrected chi connectivity index (χ3v) is 2.74. The molecule has 0 unspecified atom stereocenters. The van der Waals surface area contributed by atoms with Gasteiger partial charge in [-0.3, -0.25) is 10.1 Å². The molecule has 4 nitrogen and oxygen atoms in total. The van der Waals surface area contributed by atoms with E-state index in [1.807, 2.05) is 36.4 Å². The van der Waals surface area contributed by atoms with Crippen molar-refractivity contribution in [3.63, 3.8) is 0 Å². The molecule has 2 aromatic heterocycles. The first-order valence-corrected chi connectivity index (χ1v) is 5.45. The first kappa shape index (κ1) is 9.84. The number of benzene rings is 1. The number of rotatable bonds is 2. The molecule has 4 heteroatoms. The van der Waals surface area contributed by atoms with Crippen molar-refractivity contribution in [1.82, 2.24) is 15.2 Å². The summed E-state index contributed by atoms with van der Waals surface area (Å²) in [4.78, 5) is 4.30. The molecule has 0 aliphatic carbocycles. The van der Waals surface area contributed by atoms with Gasteiger partial charge in [-0.15, -0.1) is 0 Å². The van der Waals surface area contributed by atoms with E-state index in [0.717, 1.165) is 28.0 Å².